The molecule has 0 saturated carbocycles. The molecule has 1 aromatic rings. The number of esters is 2. The van der Waals surface area contributed by atoms with Gasteiger partial charge in [-0.3, -0.25) is 4.79 Å². The number of benzene rings is 1. The van der Waals surface area contributed by atoms with Gasteiger partial charge in [0.2, 0.25) is 0 Å². The molecule has 0 N–H and O–H groups in total. The molecule has 0 aliphatic carbocycles. The fraction of sp³-hybridized carbons (Fsp3) is 0.0909. The van der Waals surface area contributed by atoms with E-state index in [1.165, 1.54) is 0 Å². The van der Waals surface area contributed by atoms with Gasteiger partial charge < -0.3 is 9.47 Å². The summed E-state index contributed by atoms with van der Waals surface area (Å²) in [5, 5.41) is 0. The van der Waals surface area contributed by atoms with Crippen molar-refractivity contribution in [3.05, 3.63) is 29.8 Å². The molecule has 1 aromatic carbocycles. The van der Waals surface area contributed by atoms with E-state index in [2.05, 4.69) is 6.58 Å². The van der Waals surface area contributed by atoms with Crippen molar-refractivity contribution >= 4 is 17.5 Å². The molecule has 0 amide bonds. The third-order valence-electron chi connectivity index (χ3n) is 2.50. The van der Waals surface area contributed by atoms with Gasteiger partial charge in [-0.05, 0) is 12.1 Å². The number of ether oxygens (including phenoxy) is 2. The van der Waals surface area contributed by atoms with Crippen LogP contribution in [-0.2, 0) is 16.0 Å². The van der Waals surface area contributed by atoms with E-state index in [0.29, 0.717) is 22.6 Å². The van der Waals surface area contributed by atoms with Gasteiger partial charge in [-0.2, -0.15) is 0 Å². The Kier molecular flexibility index (Phi) is 1.36. The van der Waals surface area contributed by atoms with Crippen LogP contribution in [0.3, 0.4) is 0 Å². The summed E-state index contributed by atoms with van der Waals surface area (Å²) < 4.78 is 9.94. The zero-order valence-electron chi connectivity index (χ0n) is 7.70. The molecule has 0 fully saturated rings. The van der Waals surface area contributed by atoms with Crippen LogP contribution in [0.15, 0.2) is 18.7 Å². The second kappa shape index (κ2) is 2.48. The summed E-state index contributed by atoms with van der Waals surface area (Å²) in [6.07, 6.45) is 0.229. The summed E-state index contributed by atoms with van der Waals surface area (Å²) in [5.74, 6) is 0.228. The molecule has 4 heteroatoms. The van der Waals surface area contributed by atoms with Gasteiger partial charge in [0, 0.05) is 11.1 Å². The SMILES string of the molecule is C=C1C(=O)Oc2cc3c(cc21)OC(=O)C3. The van der Waals surface area contributed by atoms with Crippen molar-refractivity contribution < 1.29 is 19.1 Å². The second-order valence-electron chi connectivity index (χ2n) is 3.48. The van der Waals surface area contributed by atoms with Crippen LogP contribution >= 0.6 is 0 Å². The first-order valence-corrected chi connectivity index (χ1v) is 4.44. The van der Waals surface area contributed by atoms with Gasteiger partial charge in [0.1, 0.15) is 11.5 Å². The standard InChI is InChI=1S/C11H6O4/c1-5-7-4-8-6(3-10(12)14-8)2-9(7)15-11(5)13/h2,4H,1,3H2. The minimum Gasteiger partial charge on any atom is -0.426 e. The maximum absolute atomic E-state index is 11.2. The average molecular weight is 202 g/mol. The summed E-state index contributed by atoms with van der Waals surface area (Å²) in [4.78, 5) is 22.2. The van der Waals surface area contributed by atoms with E-state index in [9.17, 15) is 9.59 Å². The van der Waals surface area contributed by atoms with Gasteiger partial charge in [0.25, 0.3) is 0 Å². The lowest BCUT2D eigenvalue weighted by molar-refractivity contribution is -0.132. The van der Waals surface area contributed by atoms with E-state index in [1.807, 2.05) is 0 Å². The molecule has 0 aromatic heterocycles. The molecule has 2 heterocycles. The maximum Gasteiger partial charge on any atom is 0.343 e. The molecule has 74 valence electrons. The number of fused-ring (bicyclic) bond motifs is 2. The third kappa shape index (κ3) is 1.01. The molecule has 0 bridgehead atoms. The first-order chi connectivity index (χ1) is 7.15. The number of rotatable bonds is 0. The highest BCUT2D eigenvalue weighted by Gasteiger charge is 2.30. The van der Waals surface area contributed by atoms with E-state index in [4.69, 9.17) is 9.47 Å². The molecule has 15 heavy (non-hydrogen) atoms. The first-order valence-electron chi connectivity index (χ1n) is 4.44. The van der Waals surface area contributed by atoms with Crippen LogP contribution < -0.4 is 9.47 Å². The van der Waals surface area contributed by atoms with Crippen molar-refractivity contribution in [2.45, 2.75) is 6.42 Å². The van der Waals surface area contributed by atoms with Crippen LogP contribution in [0, 0.1) is 0 Å². The lowest BCUT2D eigenvalue weighted by Crippen LogP contribution is -2.01. The maximum atomic E-state index is 11.2. The Morgan fingerprint density at radius 3 is 2.73 bits per heavy atom. The van der Waals surface area contributed by atoms with Crippen molar-refractivity contribution in [2.24, 2.45) is 0 Å². The number of carbonyl (C=O) groups is 2. The van der Waals surface area contributed by atoms with Crippen LogP contribution in [0.4, 0.5) is 0 Å². The van der Waals surface area contributed by atoms with Crippen LogP contribution in [0.5, 0.6) is 11.5 Å². The van der Waals surface area contributed by atoms with Crippen LogP contribution in [0.1, 0.15) is 11.1 Å². The van der Waals surface area contributed by atoms with E-state index >= 15 is 0 Å². The highest BCUT2D eigenvalue weighted by Crippen LogP contribution is 2.40. The van der Waals surface area contributed by atoms with E-state index in [0.717, 1.165) is 5.56 Å². The Labute approximate surface area is 85.1 Å². The van der Waals surface area contributed by atoms with E-state index < -0.39 is 5.97 Å². The zero-order chi connectivity index (χ0) is 10.6. The molecule has 0 saturated heterocycles. The van der Waals surface area contributed by atoms with Gasteiger partial charge in [0.05, 0.1) is 12.0 Å². The minimum absolute atomic E-state index is 0.229. The molecular formula is C11H6O4. The highest BCUT2D eigenvalue weighted by molar-refractivity contribution is 6.20. The first kappa shape index (κ1) is 8.23. The molecule has 0 spiro atoms. The molecule has 4 nitrogen and oxygen atoms in total. The van der Waals surface area contributed by atoms with Crippen molar-refractivity contribution in [1.82, 2.24) is 0 Å². The van der Waals surface area contributed by atoms with Gasteiger partial charge >= 0.3 is 11.9 Å². The van der Waals surface area contributed by atoms with E-state index in [-0.39, 0.29) is 12.4 Å². The minimum atomic E-state index is -0.444. The topological polar surface area (TPSA) is 52.6 Å². The lowest BCUT2D eigenvalue weighted by Gasteiger charge is -2.00. The molecule has 2 aliphatic heterocycles. The van der Waals surface area contributed by atoms with Crippen LogP contribution in [0.25, 0.3) is 5.57 Å². The number of carbonyl (C=O) groups excluding carboxylic acids is 2. The van der Waals surface area contributed by atoms with Gasteiger partial charge in [0.15, 0.2) is 0 Å². The Morgan fingerprint density at radius 2 is 1.93 bits per heavy atom. The molecule has 3 rings (SSSR count). The molecule has 0 atom stereocenters. The Bertz CT molecular complexity index is 528. The quantitative estimate of drug-likeness (QED) is 0.359. The van der Waals surface area contributed by atoms with Crippen LogP contribution in [0.2, 0.25) is 0 Å². The average Bonchev–Trinajstić information content (AvgIpc) is 2.65. The van der Waals surface area contributed by atoms with Crippen molar-refractivity contribution in [1.29, 1.82) is 0 Å². The molecule has 2 aliphatic rings. The molecule has 0 radical (unpaired) electrons. The summed E-state index contributed by atoms with van der Waals surface area (Å²) in [6.45, 7) is 3.61. The fourth-order valence-corrected chi connectivity index (χ4v) is 1.74. The summed E-state index contributed by atoms with van der Waals surface area (Å²) >= 11 is 0. The summed E-state index contributed by atoms with van der Waals surface area (Å²) in [5.41, 5.74) is 1.66. The summed E-state index contributed by atoms with van der Waals surface area (Å²) in [6, 6.07) is 3.29. The predicted octanol–water partition coefficient (Wildman–Crippen LogP) is 1.08. The summed E-state index contributed by atoms with van der Waals surface area (Å²) in [7, 11) is 0. The molecule has 0 unspecified atom stereocenters. The monoisotopic (exact) mass is 202 g/mol. The fourth-order valence-electron chi connectivity index (χ4n) is 1.74. The Morgan fingerprint density at radius 1 is 1.13 bits per heavy atom. The Hall–Kier alpha value is -2.10. The van der Waals surface area contributed by atoms with Crippen molar-refractivity contribution in [3.63, 3.8) is 0 Å². The smallest absolute Gasteiger partial charge is 0.343 e. The Balaban J connectivity index is 2.19. The van der Waals surface area contributed by atoms with Gasteiger partial charge in [-0.15, -0.1) is 0 Å². The van der Waals surface area contributed by atoms with Gasteiger partial charge in [-0.1, -0.05) is 6.58 Å². The largest absolute Gasteiger partial charge is 0.426 e. The number of hydrogen-bond acceptors (Lipinski definition) is 4. The normalized spacial score (nSPS) is 17.2. The van der Waals surface area contributed by atoms with Gasteiger partial charge in [-0.25, -0.2) is 4.79 Å². The third-order valence-corrected chi connectivity index (χ3v) is 2.50. The highest BCUT2D eigenvalue weighted by atomic mass is 16.5. The zero-order valence-corrected chi connectivity index (χ0v) is 7.70. The van der Waals surface area contributed by atoms with Crippen LogP contribution in [-0.4, -0.2) is 11.9 Å². The predicted molar refractivity (Wildman–Crippen MR) is 50.5 cm³/mol. The second-order valence-corrected chi connectivity index (χ2v) is 3.48. The van der Waals surface area contributed by atoms with Crippen molar-refractivity contribution in [3.8, 4) is 11.5 Å². The number of hydrogen-bond donors (Lipinski definition) is 0. The lowest BCUT2D eigenvalue weighted by atomic mass is 10.0. The van der Waals surface area contributed by atoms with E-state index in [1.54, 1.807) is 12.1 Å². The molecular weight excluding hydrogens is 196 g/mol. The van der Waals surface area contributed by atoms with Crippen molar-refractivity contribution in [2.75, 3.05) is 0 Å².